The number of carbonyl (C=O) groups excluding carboxylic acids is 1. The van der Waals surface area contributed by atoms with Crippen molar-refractivity contribution in [1.82, 2.24) is 5.32 Å². The number of aryl methyl sites for hydroxylation is 2. The van der Waals surface area contributed by atoms with Gasteiger partial charge >= 0.3 is 0 Å². The minimum atomic E-state index is -3.66. The number of amides is 1. The van der Waals surface area contributed by atoms with Gasteiger partial charge in [0.1, 0.15) is 6.54 Å². The summed E-state index contributed by atoms with van der Waals surface area (Å²) in [6.07, 6.45) is 5.66. The van der Waals surface area contributed by atoms with Crippen molar-refractivity contribution in [2.24, 2.45) is 0 Å². The molecular weight excluding hydrogens is 396 g/mol. The van der Waals surface area contributed by atoms with Gasteiger partial charge in [-0.15, -0.1) is 0 Å². The van der Waals surface area contributed by atoms with Gasteiger partial charge in [0.05, 0.1) is 23.0 Å². The van der Waals surface area contributed by atoms with Crippen LogP contribution in [0.4, 0.5) is 5.69 Å². The van der Waals surface area contributed by atoms with E-state index >= 15 is 0 Å². The number of para-hydroxylation sites is 1. The van der Waals surface area contributed by atoms with Crippen molar-refractivity contribution < 1.29 is 13.2 Å². The first-order chi connectivity index (χ1) is 13.3. The number of rotatable bonds is 6. The summed E-state index contributed by atoms with van der Waals surface area (Å²) in [6, 6.07) is 12.7. The maximum Gasteiger partial charge on any atom is 0.241 e. The number of sulfonamides is 1. The van der Waals surface area contributed by atoms with Crippen LogP contribution in [0.25, 0.3) is 0 Å². The molecule has 1 aliphatic rings. The van der Waals surface area contributed by atoms with Crippen LogP contribution in [0, 0.1) is 0 Å². The normalized spacial score (nSPS) is 14.8. The molecule has 1 atom stereocenters. The number of nitrogens with zero attached hydrogens (tertiary/aromatic N) is 1. The third-order valence-corrected chi connectivity index (χ3v) is 6.50. The molecule has 0 fully saturated rings. The lowest BCUT2D eigenvalue weighted by molar-refractivity contribution is -0.120. The quantitative estimate of drug-likeness (QED) is 0.771. The Morgan fingerprint density at radius 1 is 1.14 bits per heavy atom. The van der Waals surface area contributed by atoms with Crippen LogP contribution in [0.15, 0.2) is 42.5 Å². The van der Waals surface area contributed by atoms with Crippen LogP contribution in [0.5, 0.6) is 0 Å². The third-order valence-electron chi connectivity index (χ3n) is 5.06. The molecule has 0 spiro atoms. The molecule has 7 heteroatoms. The summed E-state index contributed by atoms with van der Waals surface area (Å²) in [6.45, 7) is 1.58. The SMILES string of the molecule is CC(NC(=O)CN(c1ccccc1Cl)S(C)(=O)=O)c1ccc2c(c1)CCCC2. The zero-order valence-corrected chi connectivity index (χ0v) is 17.7. The van der Waals surface area contributed by atoms with E-state index in [1.165, 1.54) is 24.0 Å². The van der Waals surface area contributed by atoms with Crippen LogP contribution in [-0.2, 0) is 27.7 Å². The van der Waals surface area contributed by atoms with E-state index in [9.17, 15) is 13.2 Å². The van der Waals surface area contributed by atoms with Gasteiger partial charge in [-0.25, -0.2) is 8.42 Å². The first-order valence-corrected chi connectivity index (χ1v) is 11.6. The highest BCUT2D eigenvalue weighted by molar-refractivity contribution is 7.92. The summed E-state index contributed by atoms with van der Waals surface area (Å²) in [5.74, 6) is -0.379. The monoisotopic (exact) mass is 420 g/mol. The van der Waals surface area contributed by atoms with Crippen molar-refractivity contribution in [2.45, 2.75) is 38.6 Å². The van der Waals surface area contributed by atoms with Crippen LogP contribution in [0.1, 0.15) is 42.5 Å². The molecule has 2 aromatic carbocycles. The molecule has 0 heterocycles. The summed E-state index contributed by atoms with van der Waals surface area (Å²) >= 11 is 6.14. The number of nitrogens with one attached hydrogen (secondary N) is 1. The molecule has 2 aromatic rings. The van der Waals surface area contributed by atoms with Crippen molar-refractivity contribution >= 4 is 33.2 Å². The van der Waals surface area contributed by atoms with E-state index < -0.39 is 10.0 Å². The maximum atomic E-state index is 12.6. The molecule has 1 aliphatic carbocycles. The summed E-state index contributed by atoms with van der Waals surface area (Å²) in [5.41, 5.74) is 4.05. The predicted octanol–water partition coefficient (Wildman–Crippen LogP) is 3.86. The van der Waals surface area contributed by atoms with Gasteiger partial charge in [-0.3, -0.25) is 9.10 Å². The van der Waals surface area contributed by atoms with Gasteiger partial charge in [0.15, 0.2) is 0 Å². The van der Waals surface area contributed by atoms with E-state index in [2.05, 4.69) is 17.4 Å². The van der Waals surface area contributed by atoms with Gasteiger partial charge in [-0.05, 0) is 61.4 Å². The average molecular weight is 421 g/mol. The lowest BCUT2D eigenvalue weighted by Gasteiger charge is -2.24. The molecule has 0 saturated carbocycles. The zero-order valence-electron chi connectivity index (χ0n) is 16.1. The molecule has 3 rings (SSSR count). The molecule has 0 aromatic heterocycles. The molecule has 0 aliphatic heterocycles. The minimum Gasteiger partial charge on any atom is -0.348 e. The number of anilines is 1. The smallest absolute Gasteiger partial charge is 0.241 e. The fourth-order valence-corrected chi connectivity index (χ4v) is 4.71. The van der Waals surface area contributed by atoms with Crippen LogP contribution in [-0.4, -0.2) is 27.1 Å². The highest BCUT2D eigenvalue weighted by Gasteiger charge is 2.24. The second kappa shape index (κ2) is 8.53. The first kappa shape index (κ1) is 20.7. The second-order valence-corrected chi connectivity index (χ2v) is 9.56. The van der Waals surface area contributed by atoms with E-state index in [1.54, 1.807) is 24.3 Å². The number of hydrogen-bond acceptors (Lipinski definition) is 3. The molecule has 5 nitrogen and oxygen atoms in total. The number of carbonyl (C=O) groups is 1. The molecule has 1 unspecified atom stereocenters. The van der Waals surface area contributed by atoms with E-state index in [0.29, 0.717) is 5.69 Å². The summed E-state index contributed by atoms with van der Waals surface area (Å²) in [4.78, 5) is 12.6. The summed E-state index contributed by atoms with van der Waals surface area (Å²) in [7, 11) is -3.66. The Balaban J connectivity index is 1.73. The van der Waals surface area contributed by atoms with Gasteiger partial charge in [0.25, 0.3) is 0 Å². The molecule has 1 N–H and O–H groups in total. The van der Waals surface area contributed by atoms with Crippen LogP contribution < -0.4 is 9.62 Å². The summed E-state index contributed by atoms with van der Waals surface area (Å²) in [5, 5.41) is 3.19. The highest BCUT2D eigenvalue weighted by Crippen LogP contribution is 2.27. The maximum absolute atomic E-state index is 12.6. The van der Waals surface area contributed by atoms with Crippen LogP contribution in [0.3, 0.4) is 0 Å². The van der Waals surface area contributed by atoms with Crippen molar-refractivity contribution in [3.8, 4) is 0 Å². The Hall–Kier alpha value is -2.05. The second-order valence-electron chi connectivity index (χ2n) is 7.25. The number of halogens is 1. The molecular formula is C21H25ClN2O3S. The van der Waals surface area contributed by atoms with Gasteiger partial charge in [-0.1, -0.05) is 41.9 Å². The minimum absolute atomic E-state index is 0.215. The van der Waals surface area contributed by atoms with E-state index in [0.717, 1.165) is 29.0 Å². The van der Waals surface area contributed by atoms with Crippen molar-refractivity contribution in [1.29, 1.82) is 0 Å². The average Bonchev–Trinajstić information content (AvgIpc) is 2.65. The van der Waals surface area contributed by atoms with Crippen LogP contribution in [0.2, 0.25) is 5.02 Å². The zero-order chi connectivity index (χ0) is 20.3. The number of hydrogen-bond donors (Lipinski definition) is 1. The molecule has 0 radical (unpaired) electrons. The highest BCUT2D eigenvalue weighted by atomic mass is 35.5. The van der Waals surface area contributed by atoms with Gasteiger partial charge in [-0.2, -0.15) is 0 Å². The Morgan fingerprint density at radius 2 is 1.82 bits per heavy atom. The van der Waals surface area contributed by atoms with E-state index in [4.69, 9.17) is 11.6 Å². The van der Waals surface area contributed by atoms with Crippen molar-refractivity contribution in [2.75, 3.05) is 17.1 Å². The van der Waals surface area contributed by atoms with Crippen molar-refractivity contribution in [3.63, 3.8) is 0 Å². The lowest BCUT2D eigenvalue weighted by Crippen LogP contribution is -2.41. The first-order valence-electron chi connectivity index (χ1n) is 9.39. The van der Waals surface area contributed by atoms with E-state index in [1.807, 2.05) is 13.0 Å². The Morgan fingerprint density at radius 3 is 2.50 bits per heavy atom. The number of benzene rings is 2. The van der Waals surface area contributed by atoms with Crippen molar-refractivity contribution in [3.05, 3.63) is 64.2 Å². The molecule has 28 heavy (non-hydrogen) atoms. The standard InChI is InChI=1S/C21H25ClN2O3S/c1-15(17-12-11-16-7-3-4-8-18(16)13-17)23-21(25)14-24(28(2,26)27)20-10-6-5-9-19(20)22/h5-6,9-13,15H,3-4,7-8,14H2,1-2H3,(H,23,25). The van der Waals surface area contributed by atoms with E-state index in [-0.39, 0.29) is 23.5 Å². The number of fused-ring (bicyclic) bond motifs is 1. The molecule has 0 bridgehead atoms. The van der Waals surface area contributed by atoms with Gasteiger partial charge in [0, 0.05) is 0 Å². The predicted molar refractivity (Wildman–Crippen MR) is 113 cm³/mol. The Kier molecular flexibility index (Phi) is 6.30. The fraction of sp³-hybridized carbons (Fsp3) is 0.381. The third kappa shape index (κ3) is 4.86. The molecule has 0 saturated heterocycles. The Labute approximate surface area is 171 Å². The lowest BCUT2D eigenvalue weighted by atomic mass is 9.89. The largest absolute Gasteiger partial charge is 0.348 e. The molecule has 1 amide bonds. The Bertz CT molecular complexity index is 975. The summed E-state index contributed by atoms with van der Waals surface area (Å²) < 4.78 is 25.5. The van der Waals surface area contributed by atoms with Gasteiger partial charge in [0.2, 0.25) is 15.9 Å². The molecule has 150 valence electrons. The fourth-order valence-electron chi connectivity index (χ4n) is 3.56. The van der Waals surface area contributed by atoms with Crippen LogP contribution >= 0.6 is 11.6 Å². The topological polar surface area (TPSA) is 66.5 Å². The van der Waals surface area contributed by atoms with Gasteiger partial charge < -0.3 is 5.32 Å².